The van der Waals surface area contributed by atoms with Crippen molar-refractivity contribution in [1.82, 2.24) is 0 Å². The molecule has 6 aromatic rings. The minimum absolute atomic E-state index is 0.102. The monoisotopic (exact) mass is 948 g/mol. The van der Waals surface area contributed by atoms with Crippen molar-refractivity contribution >= 4 is 29.8 Å². The molecule has 14 heteroatoms. The number of unbranched alkanes of at least 4 members (excludes halogenated alkanes) is 2. The third-order valence-electron chi connectivity index (χ3n) is 10.2. The topological polar surface area (TPSA) is 168 Å². The minimum Gasteiger partial charge on any atom is -0.494 e. The van der Waals surface area contributed by atoms with E-state index in [2.05, 4.69) is 13.2 Å². The van der Waals surface area contributed by atoms with Crippen LogP contribution >= 0.6 is 0 Å². The van der Waals surface area contributed by atoms with E-state index in [1.54, 1.807) is 121 Å². The highest BCUT2D eigenvalue weighted by Gasteiger charge is 2.33. The van der Waals surface area contributed by atoms with Gasteiger partial charge >= 0.3 is 29.8 Å². The van der Waals surface area contributed by atoms with Gasteiger partial charge in [0.15, 0.2) is 12.2 Å². The number of carbonyl (C=O) groups is 5. The average Bonchev–Trinajstić information content (AvgIpc) is 3.40. The van der Waals surface area contributed by atoms with E-state index in [9.17, 15) is 24.0 Å². The van der Waals surface area contributed by atoms with Crippen molar-refractivity contribution < 1.29 is 66.6 Å². The second kappa shape index (κ2) is 27.2. The van der Waals surface area contributed by atoms with Crippen LogP contribution in [0.5, 0.6) is 28.7 Å². The Morgan fingerprint density at radius 2 is 0.714 bits per heavy atom. The molecule has 0 spiro atoms. The Morgan fingerprint density at radius 1 is 0.386 bits per heavy atom. The molecule has 6 rings (SSSR count). The van der Waals surface area contributed by atoms with Gasteiger partial charge in [0, 0.05) is 12.2 Å². The van der Waals surface area contributed by atoms with Crippen molar-refractivity contribution in [2.24, 2.45) is 0 Å². The predicted molar refractivity (Wildman–Crippen MR) is 258 cm³/mol. The summed E-state index contributed by atoms with van der Waals surface area (Å²) in [7, 11) is 0. The third-order valence-corrected chi connectivity index (χ3v) is 10.2. The molecule has 2 atom stereocenters. The molecule has 0 aliphatic carbocycles. The van der Waals surface area contributed by atoms with Gasteiger partial charge < -0.3 is 42.6 Å². The van der Waals surface area contributed by atoms with Gasteiger partial charge in [-0.2, -0.15) is 0 Å². The van der Waals surface area contributed by atoms with Gasteiger partial charge in [0.2, 0.25) is 6.79 Å². The Morgan fingerprint density at radius 3 is 1.10 bits per heavy atom. The Kier molecular flexibility index (Phi) is 19.7. The first-order valence-corrected chi connectivity index (χ1v) is 22.4. The zero-order valence-corrected chi connectivity index (χ0v) is 38.3. The standard InChI is InChI=1S/C56H52O14/c1-3-50(57)64-37-13-11-35-62-45-25-19-42(20-26-45)54(59)68-49-29-23-44(24-30-49)56(61)70-53(41-17-9-6-10-18-41)52(40-15-7-5-8-16-40)69-55(60)43-21-27-47(28-22-43)66-39-67-48-33-31-46(32-34-48)63-36-12-14-38-65-51(58)4-2/h3-10,15-34,52-53H,1-2,11-14,35-39H2. The molecule has 360 valence electrons. The van der Waals surface area contributed by atoms with E-state index >= 15 is 0 Å². The lowest BCUT2D eigenvalue weighted by atomic mass is 9.97. The highest BCUT2D eigenvalue weighted by molar-refractivity contribution is 5.92. The number of rotatable bonds is 27. The zero-order valence-electron chi connectivity index (χ0n) is 38.3. The summed E-state index contributed by atoms with van der Waals surface area (Å²) in [6.07, 6.45) is 2.77. The minimum atomic E-state index is -1.08. The second-order valence-corrected chi connectivity index (χ2v) is 15.2. The largest absolute Gasteiger partial charge is 0.494 e. The molecule has 0 fully saturated rings. The fourth-order valence-corrected chi connectivity index (χ4v) is 6.51. The number of hydrogen-bond donors (Lipinski definition) is 0. The molecule has 0 saturated carbocycles. The lowest BCUT2D eigenvalue weighted by molar-refractivity contribution is -0.138. The zero-order chi connectivity index (χ0) is 49.3. The van der Waals surface area contributed by atoms with Crippen LogP contribution < -0.4 is 23.7 Å². The maximum atomic E-state index is 13.8. The Hall–Kier alpha value is -8.65. The normalized spacial score (nSPS) is 11.4. The van der Waals surface area contributed by atoms with E-state index in [-0.39, 0.29) is 35.8 Å². The van der Waals surface area contributed by atoms with Crippen molar-refractivity contribution in [3.63, 3.8) is 0 Å². The molecule has 14 nitrogen and oxygen atoms in total. The maximum Gasteiger partial charge on any atom is 0.343 e. The predicted octanol–water partition coefficient (Wildman–Crippen LogP) is 10.6. The highest BCUT2D eigenvalue weighted by atomic mass is 16.7. The SMILES string of the molecule is C=CC(=O)OCCCCOc1ccc(OCOc2ccc(C(=O)OC(c3ccccc3)C(OC(=O)c3ccc(OC(=O)c4ccc(OCCCCOC(=O)C=C)cc4)cc3)c3ccccc3)cc2)cc1. The smallest absolute Gasteiger partial charge is 0.343 e. The van der Waals surface area contributed by atoms with Gasteiger partial charge in [0.05, 0.1) is 43.1 Å². The molecule has 0 aromatic heterocycles. The summed E-state index contributed by atoms with van der Waals surface area (Å²) < 4.78 is 50.8. The van der Waals surface area contributed by atoms with Crippen molar-refractivity contribution in [2.75, 3.05) is 33.2 Å². The molecular formula is C56H52O14. The molecule has 0 amide bonds. The first kappa shape index (κ1) is 50.8. The van der Waals surface area contributed by atoms with E-state index in [1.165, 1.54) is 24.3 Å². The molecule has 0 N–H and O–H groups in total. The number of carbonyl (C=O) groups excluding carboxylic acids is 5. The molecule has 2 unspecified atom stereocenters. The van der Waals surface area contributed by atoms with E-state index in [1.807, 2.05) is 12.1 Å². The van der Waals surface area contributed by atoms with Gasteiger partial charge in [-0.1, -0.05) is 73.8 Å². The van der Waals surface area contributed by atoms with Crippen LogP contribution in [0.4, 0.5) is 0 Å². The third kappa shape index (κ3) is 16.3. The summed E-state index contributed by atoms with van der Waals surface area (Å²) in [6, 6.07) is 43.8. The summed E-state index contributed by atoms with van der Waals surface area (Å²) >= 11 is 0. The number of hydrogen-bond acceptors (Lipinski definition) is 14. The van der Waals surface area contributed by atoms with E-state index in [0.29, 0.717) is 79.6 Å². The molecule has 0 bridgehead atoms. The van der Waals surface area contributed by atoms with Crippen molar-refractivity contribution in [3.8, 4) is 28.7 Å². The van der Waals surface area contributed by atoms with E-state index in [4.69, 9.17) is 42.6 Å². The molecule has 6 aromatic carbocycles. The molecule has 0 heterocycles. The molecule has 0 radical (unpaired) electrons. The van der Waals surface area contributed by atoms with Crippen LogP contribution in [-0.4, -0.2) is 63.1 Å². The Labute approximate surface area is 405 Å². The highest BCUT2D eigenvalue weighted by Crippen LogP contribution is 2.37. The quantitative estimate of drug-likeness (QED) is 0.0119. The Balaban J connectivity index is 1.02. The molecule has 0 aliphatic rings. The van der Waals surface area contributed by atoms with Crippen molar-refractivity contribution in [1.29, 1.82) is 0 Å². The molecular weight excluding hydrogens is 897 g/mol. The first-order valence-electron chi connectivity index (χ1n) is 22.4. The van der Waals surface area contributed by atoms with E-state index < -0.39 is 42.1 Å². The van der Waals surface area contributed by atoms with Crippen molar-refractivity contribution in [2.45, 2.75) is 37.9 Å². The van der Waals surface area contributed by atoms with Gasteiger partial charge in [0.1, 0.15) is 28.7 Å². The second-order valence-electron chi connectivity index (χ2n) is 15.2. The molecule has 0 aliphatic heterocycles. The van der Waals surface area contributed by atoms with E-state index in [0.717, 1.165) is 12.2 Å². The van der Waals surface area contributed by atoms with Gasteiger partial charge in [-0.05, 0) is 134 Å². The Bertz CT molecular complexity index is 2610. The molecule has 70 heavy (non-hydrogen) atoms. The summed E-state index contributed by atoms with van der Waals surface area (Å²) in [5.41, 5.74) is 1.85. The summed E-state index contributed by atoms with van der Waals surface area (Å²) in [5.74, 6) is -0.463. The van der Waals surface area contributed by atoms with Crippen LogP contribution in [0.1, 0.15) is 80.1 Å². The lowest BCUT2D eigenvalue weighted by Gasteiger charge is -2.28. The first-order chi connectivity index (χ1) is 34.2. The van der Waals surface area contributed by atoms with Crippen LogP contribution in [0.25, 0.3) is 0 Å². The number of esters is 5. The van der Waals surface area contributed by atoms with Crippen molar-refractivity contribution in [3.05, 3.63) is 211 Å². The van der Waals surface area contributed by atoms with Gasteiger partial charge in [-0.25, -0.2) is 24.0 Å². The van der Waals surface area contributed by atoms with Gasteiger partial charge in [0.25, 0.3) is 0 Å². The fraction of sp³-hybridized carbons (Fsp3) is 0.196. The van der Waals surface area contributed by atoms with Crippen LogP contribution in [0.2, 0.25) is 0 Å². The van der Waals surface area contributed by atoms with Crippen LogP contribution in [0, 0.1) is 0 Å². The summed E-state index contributed by atoms with van der Waals surface area (Å²) in [6.45, 7) is 8.07. The maximum absolute atomic E-state index is 13.8. The van der Waals surface area contributed by atoms with Gasteiger partial charge in [-0.15, -0.1) is 0 Å². The molecule has 0 saturated heterocycles. The van der Waals surface area contributed by atoms with Crippen LogP contribution in [0.15, 0.2) is 183 Å². The summed E-state index contributed by atoms with van der Waals surface area (Å²) in [5, 5.41) is 0. The van der Waals surface area contributed by atoms with Crippen LogP contribution in [-0.2, 0) is 28.5 Å². The van der Waals surface area contributed by atoms with Gasteiger partial charge in [-0.3, -0.25) is 0 Å². The number of ether oxygens (including phenoxy) is 9. The lowest BCUT2D eigenvalue weighted by Crippen LogP contribution is -2.23. The fourth-order valence-electron chi connectivity index (χ4n) is 6.51. The summed E-state index contributed by atoms with van der Waals surface area (Å²) in [4.78, 5) is 62.9. The average molecular weight is 949 g/mol. The van der Waals surface area contributed by atoms with Crippen LogP contribution in [0.3, 0.4) is 0 Å². The number of benzene rings is 6.